The van der Waals surface area contributed by atoms with Gasteiger partial charge in [-0.2, -0.15) is 0 Å². The summed E-state index contributed by atoms with van der Waals surface area (Å²) < 4.78 is 0. The molecule has 2 unspecified atom stereocenters. The molecule has 0 saturated carbocycles. The summed E-state index contributed by atoms with van der Waals surface area (Å²) in [5.74, 6) is 0. The molecule has 0 amide bonds. The molecule has 1 fully saturated rings. The molecule has 2 nitrogen and oxygen atoms in total. The molecule has 88 valence electrons. The first kappa shape index (κ1) is 11.6. The molecule has 0 radical (unpaired) electrons. The van der Waals surface area contributed by atoms with Crippen LogP contribution in [0.3, 0.4) is 0 Å². The normalized spacial score (nSPS) is 24.2. The summed E-state index contributed by atoms with van der Waals surface area (Å²) in [5.41, 5.74) is 1.05. The van der Waals surface area contributed by atoms with Crippen molar-refractivity contribution in [3.05, 3.63) is 35.9 Å². The molecule has 1 aliphatic rings. The number of aliphatic hydroxyl groups excluding tert-OH is 1. The summed E-state index contributed by atoms with van der Waals surface area (Å²) in [4.78, 5) is 2.40. The maximum absolute atomic E-state index is 10.4. The highest BCUT2D eigenvalue weighted by atomic mass is 16.3. The molecular weight excluding hydrogens is 198 g/mol. The summed E-state index contributed by atoms with van der Waals surface area (Å²) >= 11 is 0. The molecule has 2 atom stereocenters. The second-order valence-corrected chi connectivity index (χ2v) is 4.55. The van der Waals surface area contributed by atoms with Gasteiger partial charge in [-0.1, -0.05) is 43.7 Å². The van der Waals surface area contributed by atoms with Gasteiger partial charge in [-0.3, -0.25) is 4.90 Å². The van der Waals surface area contributed by atoms with Crippen LogP contribution in [-0.2, 0) is 0 Å². The van der Waals surface area contributed by atoms with Gasteiger partial charge in [-0.25, -0.2) is 0 Å². The van der Waals surface area contributed by atoms with E-state index in [1.54, 1.807) is 0 Å². The fourth-order valence-corrected chi connectivity index (χ4v) is 2.64. The van der Waals surface area contributed by atoms with Gasteiger partial charge in [0.05, 0.1) is 6.10 Å². The van der Waals surface area contributed by atoms with Crippen molar-refractivity contribution in [3.8, 4) is 0 Å². The highest BCUT2D eigenvalue weighted by molar-refractivity contribution is 5.19. The molecule has 0 spiro atoms. The zero-order valence-corrected chi connectivity index (χ0v) is 9.97. The van der Waals surface area contributed by atoms with Crippen LogP contribution in [0.2, 0.25) is 0 Å². The van der Waals surface area contributed by atoms with E-state index in [9.17, 15) is 5.11 Å². The Balaban J connectivity index is 2.10. The maximum Gasteiger partial charge on any atom is 0.0945 e. The lowest BCUT2D eigenvalue weighted by molar-refractivity contribution is 0.0280. The fraction of sp³-hybridized carbons (Fsp3) is 0.571. The van der Waals surface area contributed by atoms with Crippen molar-refractivity contribution in [2.75, 3.05) is 13.1 Å². The van der Waals surface area contributed by atoms with Crippen LogP contribution in [-0.4, -0.2) is 29.1 Å². The Morgan fingerprint density at radius 3 is 2.75 bits per heavy atom. The molecule has 0 aromatic heterocycles. The highest BCUT2D eigenvalue weighted by Crippen LogP contribution is 2.28. The topological polar surface area (TPSA) is 23.5 Å². The van der Waals surface area contributed by atoms with E-state index in [2.05, 4.69) is 11.8 Å². The van der Waals surface area contributed by atoms with Crippen LogP contribution in [0.5, 0.6) is 0 Å². The third-order valence-electron chi connectivity index (χ3n) is 3.58. The Bertz CT molecular complexity index is 312. The Hall–Kier alpha value is -0.860. The molecule has 2 heteroatoms. The van der Waals surface area contributed by atoms with Gasteiger partial charge in [0.1, 0.15) is 0 Å². The lowest BCUT2D eigenvalue weighted by Crippen LogP contribution is -2.43. The summed E-state index contributed by atoms with van der Waals surface area (Å²) in [5, 5.41) is 10.4. The van der Waals surface area contributed by atoms with Gasteiger partial charge in [-0.05, 0) is 31.5 Å². The fourth-order valence-electron chi connectivity index (χ4n) is 2.64. The number of rotatable bonds is 3. The first-order valence-electron chi connectivity index (χ1n) is 6.30. The van der Waals surface area contributed by atoms with E-state index in [0.29, 0.717) is 6.04 Å². The quantitative estimate of drug-likeness (QED) is 0.844. The number of likely N-dealkylation sites (tertiary alicyclic amines) is 1. The summed E-state index contributed by atoms with van der Waals surface area (Å²) in [7, 11) is 0. The zero-order valence-electron chi connectivity index (χ0n) is 9.97. The number of piperidine rings is 1. The summed E-state index contributed by atoms with van der Waals surface area (Å²) in [6.45, 7) is 4.34. The number of aliphatic hydroxyl groups is 1. The van der Waals surface area contributed by atoms with Crippen molar-refractivity contribution >= 4 is 0 Å². The molecule has 0 bridgehead atoms. The van der Waals surface area contributed by atoms with Gasteiger partial charge in [0.25, 0.3) is 0 Å². The largest absolute Gasteiger partial charge is 0.387 e. The van der Waals surface area contributed by atoms with E-state index < -0.39 is 0 Å². The Kier molecular flexibility index (Phi) is 3.97. The number of likely N-dealkylation sites (N-methyl/N-ethyl adjacent to an activating group) is 1. The molecule has 1 N–H and O–H groups in total. The Morgan fingerprint density at radius 1 is 1.31 bits per heavy atom. The van der Waals surface area contributed by atoms with Gasteiger partial charge < -0.3 is 5.11 Å². The van der Waals surface area contributed by atoms with Crippen LogP contribution in [0.25, 0.3) is 0 Å². The predicted octanol–water partition coefficient (Wildman–Crippen LogP) is 2.59. The van der Waals surface area contributed by atoms with E-state index in [4.69, 9.17) is 0 Å². The third kappa shape index (κ3) is 2.45. The average Bonchev–Trinajstić information content (AvgIpc) is 2.39. The number of benzene rings is 1. The molecule has 1 aliphatic heterocycles. The molecule has 1 heterocycles. The Labute approximate surface area is 97.9 Å². The van der Waals surface area contributed by atoms with E-state index in [-0.39, 0.29) is 6.10 Å². The van der Waals surface area contributed by atoms with Crippen molar-refractivity contribution in [1.29, 1.82) is 0 Å². The second kappa shape index (κ2) is 5.46. The molecule has 1 aromatic rings. The van der Waals surface area contributed by atoms with Crippen molar-refractivity contribution in [1.82, 2.24) is 4.90 Å². The standard InChI is InChI=1S/C14H21NO/c1-2-15-11-7-6-10-13(15)14(16)12-8-4-3-5-9-12/h3-5,8-9,13-14,16H,2,6-7,10-11H2,1H3. The van der Waals surface area contributed by atoms with Crippen molar-refractivity contribution in [2.24, 2.45) is 0 Å². The Morgan fingerprint density at radius 2 is 2.06 bits per heavy atom. The lowest BCUT2D eigenvalue weighted by Gasteiger charge is -2.37. The van der Waals surface area contributed by atoms with Gasteiger partial charge >= 0.3 is 0 Å². The SMILES string of the molecule is CCN1CCCCC1C(O)c1ccccc1. The van der Waals surface area contributed by atoms with Gasteiger partial charge in [0.15, 0.2) is 0 Å². The summed E-state index contributed by atoms with van der Waals surface area (Å²) in [6, 6.07) is 10.3. The number of nitrogens with zero attached hydrogens (tertiary/aromatic N) is 1. The first-order chi connectivity index (χ1) is 7.83. The smallest absolute Gasteiger partial charge is 0.0945 e. The lowest BCUT2D eigenvalue weighted by atomic mass is 9.93. The predicted molar refractivity (Wildman–Crippen MR) is 66.3 cm³/mol. The average molecular weight is 219 g/mol. The van der Waals surface area contributed by atoms with Crippen LogP contribution in [0.4, 0.5) is 0 Å². The molecule has 0 aliphatic carbocycles. The van der Waals surface area contributed by atoms with E-state index in [1.165, 1.54) is 12.8 Å². The molecule has 1 saturated heterocycles. The van der Waals surface area contributed by atoms with Crippen molar-refractivity contribution in [3.63, 3.8) is 0 Å². The van der Waals surface area contributed by atoms with E-state index in [0.717, 1.165) is 25.1 Å². The minimum absolute atomic E-state index is 0.307. The minimum atomic E-state index is -0.332. The van der Waals surface area contributed by atoms with Crippen molar-refractivity contribution < 1.29 is 5.11 Å². The minimum Gasteiger partial charge on any atom is -0.387 e. The van der Waals surface area contributed by atoms with Crippen LogP contribution >= 0.6 is 0 Å². The van der Waals surface area contributed by atoms with Crippen LogP contribution < -0.4 is 0 Å². The van der Waals surface area contributed by atoms with Crippen molar-refractivity contribution in [2.45, 2.75) is 38.3 Å². The molecule has 16 heavy (non-hydrogen) atoms. The number of hydrogen-bond acceptors (Lipinski definition) is 2. The molecule has 1 aromatic carbocycles. The van der Waals surface area contributed by atoms with Crippen LogP contribution in [0.15, 0.2) is 30.3 Å². The van der Waals surface area contributed by atoms with E-state index >= 15 is 0 Å². The summed E-state index contributed by atoms with van der Waals surface area (Å²) in [6.07, 6.45) is 3.29. The molecular formula is C14H21NO. The monoisotopic (exact) mass is 219 g/mol. The second-order valence-electron chi connectivity index (χ2n) is 4.55. The first-order valence-corrected chi connectivity index (χ1v) is 6.30. The van der Waals surface area contributed by atoms with Crippen LogP contribution in [0.1, 0.15) is 37.9 Å². The van der Waals surface area contributed by atoms with Gasteiger partial charge in [-0.15, -0.1) is 0 Å². The zero-order chi connectivity index (χ0) is 11.4. The molecule has 2 rings (SSSR count). The van der Waals surface area contributed by atoms with E-state index in [1.807, 2.05) is 30.3 Å². The number of hydrogen-bond donors (Lipinski definition) is 1. The highest BCUT2D eigenvalue weighted by Gasteiger charge is 2.28. The van der Waals surface area contributed by atoms with Gasteiger partial charge in [0, 0.05) is 6.04 Å². The maximum atomic E-state index is 10.4. The third-order valence-corrected chi connectivity index (χ3v) is 3.58. The van der Waals surface area contributed by atoms with Crippen LogP contribution in [0, 0.1) is 0 Å². The van der Waals surface area contributed by atoms with Gasteiger partial charge in [0.2, 0.25) is 0 Å².